The van der Waals surface area contributed by atoms with Crippen molar-refractivity contribution in [3.8, 4) is 0 Å². The highest BCUT2D eigenvalue weighted by molar-refractivity contribution is 6.78. The predicted molar refractivity (Wildman–Crippen MR) is 92.1 cm³/mol. The molecule has 3 heteroatoms. The van der Waals surface area contributed by atoms with E-state index in [1.165, 1.54) is 19.3 Å². The lowest BCUT2D eigenvalue weighted by atomic mass is 9.71. The maximum absolute atomic E-state index is 6.62. The van der Waals surface area contributed by atoms with Crippen molar-refractivity contribution in [2.24, 2.45) is 11.3 Å². The fourth-order valence-corrected chi connectivity index (χ4v) is 7.15. The van der Waals surface area contributed by atoms with Gasteiger partial charge in [-0.1, -0.05) is 46.8 Å². The first-order valence-corrected chi connectivity index (χ1v) is 15.0. The maximum Gasteiger partial charge on any atom is 0.184 e. The van der Waals surface area contributed by atoms with Crippen LogP contribution in [0.2, 0.25) is 44.8 Å². The third-order valence-electron chi connectivity index (χ3n) is 4.63. The van der Waals surface area contributed by atoms with Crippen LogP contribution < -0.4 is 0 Å². The monoisotopic (exact) mass is 300 g/mol. The molecule has 0 radical (unpaired) electrons. The third-order valence-corrected chi connectivity index (χ3v) is 8.53. The molecule has 1 aliphatic carbocycles. The van der Waals surface area contributed by atoms with Crippen LogP contribution in [0.1, 0.15) is 40.0 Å². The normalized spacial score (nSPS) is 30.5. The van der Waals surface area contributed by atoms with Gasteiger partial charge in [-0.25, -0.2) is 0 Å². The van der Waals surface area contributed by atoms with E-state index in [0.29, 0.717) is 11.5 Å². The van der Waals surface area contributed by atoms with Crippen LogP contribution in [0.25, 0.3) is 0 Å². The lowest BCUT2D eigenvalue weighted by Gasteiger charge is -2.47. The zero-order valence-corrected chi connectivity index (χ0v) is 16.8. The van der Waals surface area contributed by atoms with Gasteiger partial charge in [0.05, 0.1) is 8.07 Å². The Balaban J connectivity index is 2.87. The van der Waals surface area contributed by atoms with Crippen molar-refractivity contribution in [2.45, 2.75) is 91.0 Å². The second kappa shape index (κ2) is 5.65. The Bertz CT molecular complexity index is 293. The van der Waals surface area contributed by atoms with Crippen molar-refractivity contribution in [1.29, 1.82) is 0 Å². The molecule has 1 nitrogen and oxygen atoms in total. The molecule has 114 valence electrons. The van der Waals surface area contributed by atoms with Crippen molar-refractivity contribution < 1.29 is 4.43 Å². The molecule has 0 amide bonds. The number of rotatable bonds is 3. The van der Waals surface area contributed by atoms with E-state index in [9.17, 15) is 0 Å². The Kier molecular flexibility index (Phi) is 5.18. The van der Waals surface area contributed by atoms with E-state index in [-0.39, 0.29) is 0 Å². The molecule has 0 aromatic heterocycles. The van der Waals surface area contributed by atoms with Gasteiger partial charge in [-0.2, -0.15) is 0 Å². The predicted octanol–water partition coefficient (Wildman–Crippen LogP) is 5.76. The zero-order chi connectivity index (χ0) is 15.1. The molecule has 0 aromatic carbocycles. The number of hydrogen-bond donors (Lipinski definition) is 0. The van der Waals surface area contributed by atoms with Gasteiger partial charge in [0.2, 0.25) is 0 Å². The first-order chi connectivity index (χ1) is 8.31. The van der Waals surface area contributed by atoms with E-state index in [1.807, 2.05) is 0 Å². The summed E-state index contributed by atoms with van der Waals surface area (Å²) in [6, 6.07) is 0. The SMILES string of the molecule is CC(C)(C)[C@H]1CC[C@@H]([Si](C)(C)C)[C@H](O[Si](C)(C)C)C1. The Morgan fingerprint density at radius 1 is 0.895 bits per heavy atom. The van der Waals surface area contributed by atoms with Gasteiger partial charge < -0.3 is 4.43 Å². The summed E-state index contributed by atoms with van der Waals surface area (Å²) in [4.78, 5) is 0. The van der Waals surface area contributed by atoms with Crippen LogP contribution in [0.4, 0.5) is 0 Å². The minimum atomic E-state index is -1.43. The third kappa shape index (κ3) is 5.35. The topological polar surface area (TPSA) is 9.23 Å². The molecule has 1 aliphatic rings. The molecular weight excluding hydrogens is 264 g/mol. The van der Waals surface area contributed by atoms with Crippen LogP contribution in [0, 0.1) is 11.3 Å². The molecule has 0 bridgehead atoms. The molecule has 1 saturated carbocycles. The van der Waals surface area contributed by atoms with Crippen molar-refractivity contribution >= 4 is 16.4 Å². The van der Waals surface area contributed by atoms with Gasteiger partial charge in [0, 0.05) is 6.10 Å². The summed E-state index contributed by atoms with van der Waals surface area (Å²) in [7, 11) is -2.54. The van der Waals surface area contributed by atoms with Gasteiger partial charge in [0.1, 0.15) is 0 Å². The van der Waals surface area contributed by atoms with Crippen molar-refractivity contribution in [3.63, 3.8) is 0 Å². The van der Waals surface area contributed by atoms with Gasteiger partial charge in [-0.05, 0) is 49.4 Å². The minimum absolute atomic E-state index is 0.436. The van der Waals surface area contributed by atoms with E-state index in [2.05, 4.69) is 60.1 Å². The molecule has 0 heterocycles. The molecule has 0 aromatic rings. The minimum Gasteiger partial charge on any atom is -0.415 e. The molecule has 0 aliphatic heterocycles. The van der Waals surface area contributed by atoms with Gasteiger partial charge in [-0.15, -0.1) is 0 Å². The second-order valence-corrected chi connectivity index (χ2v) is 19.6. The fraction of sp³-hybridized carbons (Fsp3) is 1.00. The van der Waals surface area contributed by atoms with Crippen LogP contribution in [-0.2, 0) is 4.43 Å². The maximum atomic E-state index is 6.62. The average Bonchev–Trinajstić information content (AvgIpc) is 2.11. The Morgan fingerprint density at radius 2 is 1.42 bits per heavy atom. The largest absolute Gasteiger partial charge is 0.415 e. The average molecular weight is 301 g/mol. The van der Waals surface area contributed by atoms with Crippen LogP contribution in [0.5, 0.6) is 0 Å². The summed E-state index contributed by atoms with van der Waals surface area (Å²) in [6.45, 7) is 21.8. The lowest BCUT2D eigenvalue weighted by Crippen LogP contribution is -2.47. The van der Waals surface area contributed by atoms with Gasteiger partial charge in [0.25, 0.3) is 0 Å². The molecule has 0 unspecified atom stereocenters. The van der Waals surface area contributed by atoms with Gasteiger partial charge in [-0.3, -0.25) is 0 Å². The van der Waals surface area contributed by atoms with E-state index in [0.717, 1.165) is 11.5 Å². The highest BCUT2D eigenvalue weighted by Crippen LogP contribution is 2.47. The summed E-state index contributed by atoms with van der Waals surface area (Å²) >= 11 is 0. The molecule has 0 N–H and O–H groups in total. The van der Waals surface area contributed by atoms with Gasteiger partial charge in [0.15, 0.2) is 8.32 Å². The molecule has 19 heavy (non-hydrogen) atoms. The summed E-state index contributed by atoms with van der Waals surface area (Å²) in [5.74, 6) is 0.835. The van der Waals surface area contributed by atoms with Crippen molar-refractivity contribution in [2.75, 3.05) is 0 Å². The van der Waals surface area contributed by atoms with Crippen molar-refractivity contribution in [3.05, 3.63) is 0 Å². The van der Waals surface area contributed by atoms with Crippen molar-refractivity contribution in [1.82, 2.24) is 0 Å². The fourth-order valence-electron chi connectivity index (χ4n) is 3.49. The summed E-state index contributed by atoms with van der Waals surface area (Å²) in [5, 5.41) is 0. The lowest BCUT2D eigenvalue weighted by molar-refractivity contribution is 0.0682. The molecular formula is C16H36OSi2. The van der Waals surface area contributed by atoms with Crippen LogP contribution in [-0.4, -0.2) is 22.5 Å². The highest BCUT2D eigenvalue weighted by Gasteiger charge is 2.43. The van der Waals surface area contributed by atoms with E-state index in [4.69, 9.17) is 4.43 Å². The quantitative estimate of drug-likeness (QED) is 0.602. The van der Waals surface area contributed by atoms with Crippen LogP contribution >= 0.6 is 0 Å². The standard InChI is InChI=1S/C16H36OSi2/c1-16(2,3)13-10-11-15(18(4,5)6)14(12-13)17-19(7,8)9/h13-15H,10-12H2,1-9H3/t13-,14+,15+/m0/s1. The Hall–Kier alpha value is 0.394. The second-order valence-electron chi connectivity index (χ2n) is 9.62. The molecule has 0 spiro atoms. The number of hydrogen-bond acceptors (Lipinski definition) is 1. The first kappa shape index (κ1) is 17.4. The van der Waals surface area contributed by atoms with E-state index >= 15 is 0 Å². The highest BCUT2D eigenvalue weighted by atomic mass is 28.4. The van der Waals surface area contributed by atoms with Crippen LogP contribution in [0.3, 0.4) is 0 Å². The molecule has 1 fully saturated rings. The Labute approximate surface area is 123 Å². The van der Waals surface area contributed by atoms with Gasteiger partial charge >= 0.3 is 0 Å². The first-order valence-electron chi connectivity index (χ1n) is 7.98. The molecule has 1 rings (SSSR count). The molecule has 3 atom stereocenters. The molecule has 0 saturated heterocycles. The smallest absolute Gasteiger partial charge is 0.184 e. The van der Waals surface area contributed by atoms with E-state index < -0.39 is 16.4 Å². The van der Waals surface area contributed by atoms with E-state index in [1.54, 1.807) is 0 Å². The summed E-state index contributed by atoms with van der Waals surface area (Å²) in [6.07, 6.45) is 4.63. The summed E-state index contributed by atoms with van der Waals surface area (Å²) in [5.41, 5.74) is 1.30. The van der Waals surface area contributed by atoms with Crippen LogP contribution in [0.15, 0.2) is 0 Å². The zero-order valence-electron chi connectivity index (χ0n) is 14.8. The Morgan fingerprint density at radius 3 is 1.79 bits per heavy atom. The summed E-state index contributed by atoms with van der Waals surface area (Å²) < 4.78 is 6.62.